The Bertz CT molecular complexity index is 573. The quantitative estimate of drug-likeness (QED) is 0.818. The minimum Gasteiger partial charge on any atom is -0.358 e. The normalized spacial score (nSPS) is 20.4. The van der Waals surface area contributed by atoms with Crippen molar-refractivity contribution in [2.24, 2.45) is 5.41 Å². The molecule has 124 valence electrons. The van der Waals surface area contributed by atoms with Crippen LogP contribution in [0.2, 0.25) is 0 Å². The van der Waals surface area contributed by atoms with E-state index in [9.17, 15) is 9.59 Å². The molecule has 7 nitrogen and oxygen atoms in total. The van der Waals surface area contributed by atoms with Crippen LogP contribution in [0.4, 0.5) is 5.82 Å². The van der Waals surface area contributed by atoms with Crippen molar-refractivity contribution in [3.05, 3.63) is 18.3 Å². The molecule has 2 amide bonds. The van der Waals surface area contributed by atoms with Crippen molar-refractivity contribution in [1.29, 1.82) is 0 Å². The number of rotatable bonds is 3. The molecule has 1 aliphatic carbocycles. The smallest absolute Gasteiger partial charge is 0.238 e. The Balaban J connectivity index is 1.68. The summed E-state index contributed by atoms with van der Waals surface area (Å²) in [4.78, 5) is 29.1. The number of hydrogen-bond donors (Lipinski definition) is 1. The van der Waals surface area contributed by atoms with Gasteiger partial charge in [-0.1, -0.05) is 6.42 Å². The molecule has 1 aromatic heterocycles. The van der Waals surface area contributed by atoms with Crippen LogP contribution in [0.5, 0.6) is 0 Å². The second kappa shape index (κ2) is 6.52. The zero-order valence-electron chi connectivity index (χ0n) is 13.5. The van der Waals surface area contributed by atoms with Gasteiger partial charge in [-0.25, -0.2) is 0 Å². The van der Waals surface area contributed by atoms with Crippen molar-refractivity contribution in [1.82, 2.24) is 20.4 Å². The molecule has 2 fully saturated rings. The highest BCUT2D eigenvalue weighted by Gasteiger charge is 2.52. The predicted octanol–water partition coefficient (Wildman–Crippen LogP) is 0.432. The van der Waals surface area contributed by atoms with Gasteiger partial charge in [0.15, 0.2) is 5.82 Å². The number of carbonyl (C=O) groups excluding carboxylic acids is 2. The van der Waals surface area contributed by atoms with Gasteiger partial charge in [-0.15, -0.1) is 5.10 Å². The Morgan fingerprint density at radius 2 is 2.00 bits per heavy atom. The molecule has 23 heavy (non-hydrogen) atoms. The first kappa shape index (κ1) is 15.7. The van der Waals surface area contributed by atoms with E-state index in [1.165, 1.54) is 0 Å². The summed E-state index contributed by atoms with van der Waals surface area (Å²) in [6.45, 7) is 2.87. The predicted molar refractivity (Wildman–Crippen MR) is 85.8 cm³/mol. The van der Waals surface area contributed by atoms with E-state index in [-0.39, 0.29) is 11.8 Å². The molecule has 1 saturated heterocycles. The summed E-state index contributed by atoms with van der Waals surface area (Å²) < 4.78 is 0. The van der Waals surface area contributed by atoms with Gasteiger partial charge in [0.05, 0.1) is 0 Å². The number of nitrogens with one attached hydrogen (secondary N) is 1. The fourth-order valence-electron chi connectivity index (χ4n) is 3.42. The average molecular weight is 317 g/mol. The highest BCUT2D eigenvalue weighted by Crippen LogP contribution is 2.43. The minimum atomic E-state index is -0.823. The lowest BCUT2D eigenvalue weighted by molar-refractivity contribution is -0.156. The highest BCUT2D eigenvalue weighted by atomic mass is 16.2. The number of nitrogens with zero attached hydrogens (tertiary/aromatic N) is 4. The number of aromatic nitrogens is 2. The van der Waals surface area contributed by atoms with Crippen LogP contribution in [-0.2, 0) is 9.59 Å². The van der Waals surface area contributed by atoms with Crippen LogP contribution in [0.25, 0.3) is 0 Å². The van der Waals surface area contributed by atoms with Gasteiger partial charge in [-0.2, -0.15) is 5.10 Å². The second-order valence-electron chi connectivity index (χ2n) is 6.23. The van der Waals surface area contributed by atoms with Crippen LogP contribution < -0.4 is 10.2 Å². The Morgan fingerprint density at radius 3 is 2.61 bits per heavy atom. The molecule has 7 heteroatoms. The van der Waals surface area contributed by atoms with Gasteiger partial charge in [0.2, 0.25) is 11.8 Å². The first-order valence-corrected chi connectivity index (χ1v) is 8.21. The molecular formula is C16H23N5O2. The maximum atomic E-state index is 12.9. The molecule has 0 bridgehead atoms. The van der Waals surface area contributed by atoms with Gasteiger partial charge >= 0.3 is 0 Å². The van der Waals surface area contributed by atoms with Crippen LogP contribution in [0, 0.1) is 5.41 Å². The molecule has 0 aromatic carbocycles. The van der Waals surface area contributed by atoms with Crippen molar-refractivity contribution < 1.29 is 9.59 Å². The van der Waals surface area contributed by atoms with Crippen molar-refractivity contribution in [3.8, 4) is 0 Å². The van der Waals surface area contributed by atoms with Gasteiger partial charge in [0.25, 0.3) is 0 Å². The van der Waals surface area contributed by atoms with E-state index in [4.69, 9.17) is 0 Å². The molecule has 2 aliphatic rings. The molecule has 1 aliphatic heterocycles. The van der Waals surface area contributed by atoms with E-state index in [0.717, 1.165) is 25.2 Å². The van der Waals surface area contributed by atoms with E-state index in [1.807, 2.05) is 17.0 Å². The molecule has 1 saturated carbocycles. The fourth-order valence-corrected chi connectivity index (χ4v) is 3.42. The Labute approximate surface area is 136 Å². The van der Waals surface area contributed by atoms with Crippen LogP contribution >= 0.6 is 0 Å². The summed E-state index contributed by atoms with van der Waals surface area (Å²) in [5.74, 6) is 0.694. The summed E-state index contributed by atoms with van der Waals surface area (Å²) in [5.41, 5.74) is -0.823. The average Bonchev–Trinajstić information content (AvgIpc) is 2.80. The monoisotopic (exact) mass is 317 g/mol. The maximum absolute atomic E-state index is 12.9. The first-order chi connectivity index (χ1) is 11.2. The zero-order chi connectivity index (χ0) is 16.3. The zero-order valence-corrected chi connectivity index (χ0v) is 13.5. The molecule has 3 rings (SSSR count). The minimum absolute atomic E-state index is 0.0101. The van der Waals surface area contributed by atoms with Gasteiger partial charge < -0.3 is 15.1 Å². The van der Waals surface area contributed by atoms with E-state index in [0.29, 0.717) is 32.5 Å². The SMILES string of the molecule is CNC(=O)C1(C(=O)N2CCCN(c3cccnn3)CC2)CCC1. The van der Waals surface area contributed by atoms with Gasteiger partial charge in [-0.3, -0.25) is 9.59 Å². The topological polar surface area (TPSA) is 78.4 Å². The standard InChI is InChI=1S/C16H23N5O2/c1-17-14(22)16(6-3-7-16)15(23)21-10-4-9-20(11-12-21)13-5-2-8-18-19-13/h2,5,8H,3-4,6-7,9-12H2,1H3,(H,17,22). The van der Waals surface area contributed by atoms with Gasteiger partial charge in [-0.05, 0) is 31.4 Å². The third-order valence-electron chi connectivity index (χ3n) is 4.94. The van der Waals surface area contributed by atoms with E-state index < -0.39 is 5.41 Å². The van der Waals surface area contributed by atoms with Crippen molar-refractivity contribution >= 4 is 17.6 Å². The van der Waals surface area contributed by atoms with Crippen LogP contribution in [-0.4, -0.2) is 60.1 Å². The molecule has 2 heterocycles. The molecule has 0 radical (unpaired) electrons. The molecule has 1 aromatic rings. The third kappa shape index (κ3) is 2.87. The lowest BCUT2D eigenvalue weighted by Crippen LogP contribution is -2.56. The van der Waals surface area contributed by atoms with E-state index in [1.54, 1.807) is 13.2 Å². The number of amides is 2. The molecule has 0 unspecified atom stereocenters. The summed E-state index contributed by atoms with van der Waals surface area (Å²) in [6, 6.07) is 3.80. The Hall–Kier alpha value is -2.18. The van der Waals surface area contributed by atoms with Crippen molar-refractivity contribution in [2.45, 2.75) is 25.7 Å². The summed E-state index contributed by atoms with van der Waals surface area (Å²) >= 11 is 0. The van der Waals surface area contributed by atoms with E-state index in [2.05, 4.69) is 20.4 Å². The van der Waals surface area contributed by atoms with E-state index >= 15 is 0 Å². The summed E-state index contributed by atoms with van der Waals surface area (Å²) in [6.07, 6.45) is 4.79. The third-order valence-corrected chi connectivity index (χ3v) is 4.94. The molecule has 1 N–H and O–H groups in total. The lowest BCUT2D eigenvalue weighted by atomic mass is 9.67. The molecule has 0 atom stereocenters. The maximum Gasteiger partial charge on any atom is 0.238 e. The summed E-state index contributed by atoms with van der Waals surface area (Å²) in [7, 11) is 1.61. The second-order valence-corrected chi connectivity index (χ2v) is 6.23. The van der Waals surface area contributed by atoms with Crippen molar-refractivity contribution in [2.75, 3.05) is 38.1 Å². The fraction of sp³-hybridized carbons (Fsp3) is 0.625. The van der Waals surface area contributed by atoms with Crippen LogP contribution in [0.1, 0.15) is 25.7 Å². The summed E-state index contributed by atoms with van der Waals surface area (Å²) in [5, 5.41) is 10.7. The van der Waals surface area contributed by atoms with Gasteiger partial charge in [0, 0.05) is 39.4 Å². The Morgan fingerprint density at radius 1 is 1.17 bits per heavy atom. The largest absolute Gasteiger partial charge is 0.358 e. The van der Waals surface area contributed by atoms with Crippen LogP contribution in [0.15, 0.2) is 18.3 Å². The highest BCUT2D eigenvalue weighted by molar-refractivity contribution is 6.05. The van der Waals surface area contributed by atoms with Gasteiger partial charge in [0.1, 0.15) is 5.41 Å². The van der Waals surface area contributed by atoms with Crippen molar-refractivity contribution in [3.63, 3.8) is 0 Å². The van der Waals surface area contributed by atoms with Crippen LogP contribution in [0.3, 0.4) is 0 Å². The number of carbonyl (C=O) groups is 2. The molecular weight excluding hydrogens is 294 g/mol. The number of anilines is 1. The Kier molecular flexibility index (Phi) is 4.45. The molecule has 0 spiro atoms. The lowest BCUT2D eigenvalue weighted by Gasteiger charge is -2.41. The first-order valence-electron chi connectivity index (χ1n) is 8.21. The number of hydrogen-bond acceptors (Lipinski definition) is 5.